The normalized spacial score (nSPS) is 21.9. The summed E-state index contributed by atoms with van der Waals surface area (Å²) in [5.74, 6) is 1.19. The number of nitrogens with zero attached hydrogens (tertiary/aromatic N) is 4. The van der Waals surface area contributed by atoms with Crippen LogP contribution in [-0.2, 0) is 13.0 Å². The molecule has 1 aromatic rings. The number of hydrogen-bond acceptors (Lipinski definition) is 6. The third kappa shape index (κ3) is 3.03. The van der Waals surface area contributed by atoms with Crippen LogP contribution in [0.2, 0.25) is 0 Å². The van der Waals surface area contributed by atoms with Crippen LogP contribution in [0, 0.1) is 0 Å². The topological polar surface area (TPSA) is 44.3 Å². The summed E-state index contributed by atoms with van der Waals surface area (Å²) in [6.45, 7) is 7.46. The first-order valence-corrected chi connectivity index (χ1v) is 9.05. The zero-order valence-corrected chi connectivity index (χ0v) is 14.0. The van der Waals surface area contributed by atoms with Crippen LogP contribution < -0.4 is 10.2 Å². The van der Waals surface area contributed by atoms with Crippen molar-refractivity contribution in [3.63, 3.8) is 0 Å². The van der Waals surface area contributed by atoms with Gasteiger partial charge in [0.1, 0.15) is 5.82 Å². The van der Waals surface area contributed by atoms with Gasteiger partial charge in [0.15, 0.2) is 5.16 Å². The lowest BCUT2D eigenvalue weighted by Gasteiger charge is -2.27. The van der Waals surface area contributed by atoms with Gasteiger partial charge in [0, 0.05) is 31.2 Å². The number of fused-ring (bicyclic) bond motifs is 1. The number of anilines is 1. The number of hydrogen-bond donors (Lipinski definition) is 1. The predicted molar refractivity (Wildman–Crippen MR) is 88.1 cm³/mol. The smallest absolute Gasteiger partial charge is 0.189 e. The first-order valence-electron chi connectivity index (χ1n) is 7.82. The van der Waals surface area contributed by atoms with Crippen molar-refractivity contribution in [1.82, 2.24) is 20.2 Å². The molecule has 0 amide bonds. The fourth-order valence-electron chi connectivity index (χ4n) is 3.22. The third-order valence-corrected chi connectivity index (χ3v) is 5.21. The molecule has 0 saturated carbocycles. The van der Waals surface area contributed by atoms with E-state index in [-0.39, 0.29) is 0 Å². The van der Waals surface area contributed by atoms with Crippen LogP contribution in [0.15, 0.2) is 5.16 Å². The van der Waals surface area contributed by atoms with Crippen LogP contribution in [0.25, 0.3) is 0 Å². The molecule has 1 unspecified atom stereocenters. The minimum Gasteiger partial charge on any atom is -0.355 e. The predicted octanol–water partition coefficient (Wildman–Crippen LogP) is 1.37. The summed E-state index contributed by atoms with van der Waals surface area (Å²) in [4.78, 5) is 14.4. The van der Waals surface area contributed by atoms with Gasteiger partial charge in [0.25, 0.3) is 0 Å². The van der Waals surface area contributed by atoms with Crippen molar-refractivity contribution in [3.05, 3.63) is 11.3 Å². The van der Waals surface area contributed by atoms with Gasteiger partial charge >= 0.3 is 0 Å². The maximum Gasteiger partial charge on any atom is 0.189 e. The summed E-state index contributed by atoms with van der Waals surface area (Å²) in [7, 11) is 2.22. The fraction of sp³-hybridized carbons (Fsp3) is 0.733. The zero-order valence-electron chi connectivity index (χ0n) is 13.2. The van der Waals surface area contributed by atoms with Gasteiger partial charge in [-0.05, 0) is 39.2 Å². The Balaban J connectivity index is 1.88. The molecule has 1 N–H and O–H groups in total. The Morgan fingerprint density at radius 3 is 3.05 bits per heavy atom. The van der Waals surface area contributed by atoms with Crippen LogP contribution in [-0.4, -0.2) is 60.4 Å². The van der Waals surface area contributed by atoms with E-state index < -0.39 is 0 Å². The average Bonchev–Trinajstić information content (AvgIpc) is 3.02. The summed E-state index contributed by atoms with van der Waals surface area (Å²) >= 11 is 1.64. The summed E-state index contributed by atoms with van der Waals surface area (Å²) in [6.07, 6.45) is 4.33. The highest BCUT2D eigenvalue weighted by Crippen LogP contribution is 2.29. The second-order valence-corrected chi connectivity index (χ2v) is 6.62. The number of nitrogens with one attached hydrogen (secondary N) is 1. The van der Waals surface area contributed by atoms with E-state index in [9.17, 15) is 0 Å². The highest BCUT2D eigenvalue weighted by atomic mass is 32.2. The lowest BCUT2D eigenvalue weighted by Crippen LogP contribution is -2.35. The van der Waals surface area contributed by atoms with Gasteiger partial charge in [-0.3, -0.25) is 0 Å². The molecule has 5 nitrogen and oxygen atoms in total. The zero-order chi connectivity index (χ0) is 14.8. The molecule has 3 rings (SSSR count). The molecule has 21 heavy (non-hydrogen) atoms. The molecule has 0 radical (unpaired) electrons. The molecule has 1 saturated heterocycles. The highest BCUT2D eigenvalue weighted by Gasteiger charge is 2.29. The van der Waals surface area contributed by atoms with E-state index >= 15 is 0 Å². The lowest BCUT2D eigenvalue weighted by atomic mass is 10.1. The van der Waals surface area contributed by atoms with E-state index in [0.29, 0.717) is 6.04 Å². The van der Waals surface area contributed by atoms with Gasteiger partial charge in [-0.25, -0.2) is 9.97 Å². The summed E-state index contributed by atoms with van der Waals surface area (Å²) < 4.78 is 0. The Labute approximate surface area is 131 Å². The summed E-state index contributed by atoms with van der Waals surface area (Å²) in [5, 5.41) is 4.32. The van der Waals surface area contributed by atoms with E-state index in [4.69, 9.17) is 4.98 Å². The SMILES string of the molecule is CCN(C)C1CCN(c2nc(SC)nc3c2CCNC3)C1. The summed E-state index contributed by atoms with van der Waals surface area (Å²) in [6, 6.07) is 0.653. The highest BCUT2D eigenvalue weighted by molar-refractivity contribution is 7.98. The van der Waals surface area contributed by atoms with Gasteiger partial charge in [0.2, 0.25) is 0 Å². The van der Waals surface area contributed by atoms with Crippen LogP contribution in [0.3, 0.4) is 0 Å². The second-order valence-electron chi connectivity index (χ2n) is 5.85. The second kappa shape index (κ2) is 6.50. The molecule has 0 aromatic carbocycles. The van der Waals surface area contributed by atoms with Gasteiger partial charge in [-0.15, -0.1) is 0 Å². The first kappa shape index (κ1) is 15.1. The third-order valence-electron chi connectivity index (χ3n) is 4.66. The Hall–Kier alpha value is -0.850. The minimum absolute atomic E-state index is 0.653. The van der Waals surface area contributed by atoms with Crippen LogP contribution in [0.5, 0.6) is 0 Å². The van der Waals surface area contributed by atoms with Crippen molar-refractivity contribution in [2.24, 2.45) is 0 Å². The molecule has 1 aromatic heterocycles. The number of likely N-dealkylation sites (N-methyl/N-ethyl adjacent to an activating group) is 1. The molecule has 0 aliphatic carbocycles. The Kier molecular flexibility index (Phi) is 4.66. The molecule has 1 fully saturated rings. The van der Waals surface area contributed by atoms with E-state index in [1.807, 2.05) is 0 Å². The molecule has 0 bridgehead atoms. The molecule has 0 spiro atoms. The van der Waals surface area contributed by atoms with Crippen molar-refractivity contribution in [2.45, 2.75) is 37.5 Å². The Bertz CT molecular complexity index is 507. The maximum absolute atomic E-state index is 4.84. The quantitative estimate of drug-likeness (QED) is 0.670. The maximum atomic E-state index is 4.84. The summed E-state index contributed by atoms with van der Waals surface area (Å²) in [5.41, 5.74) is 2.56. The molecule has 2 aliphatic heterocycles. The first-order chi connectivity index (χ1) is 10.2. The largest absolute Gasteiger partial charge is 0.355 e. The van der Waals surface area contributed by atoms with Crippen molar-refractivity contribution in [3.8, 4) is 0 Å². The van der Waals surface area contributed by atoms with Gasteiger partial charge in [-0.1, -0.05) is 18.7 Å². The van der Waals surface area contributed by atoms with E-state index in [1.165, 1.54) is 23.5 Å². The molecular weight excluding hydrogens is 282 g/mol. The molecule has 3 heterocycles. The van der Waals surface area contributed by atoms with Crippen molar-refractivity contribution in [2.75, 3.05) is 44.4 Å². The lowest BCUT2D eigenvalue weighted by molar-refractivity contribution is 0.272. The molecule has 6 heteroatoms. The fourth-order valence-corrected chi connectivity index (χ4v) is 3.60. The number of rotatable bonds is 4. The number of thioether (sulfide) groups is 1. The van der Waals surface area contributed by atoms with Crippen LogP contribution >= 0.6 is 11.8 Å². The van der Waals surface area contributed by atoms with Crippen LogP contribution in [0.1, 0.15) is 24.6 Å². The van der Waals surface area contributed by atoms with Gasteiger partial charge in [-0.2, -0.15) is 0 Å². The molecule has 2 aliphatic rings. The van der Waals surface area contributed by atoms with E-state index in [0.717, 1.165) is 44.3 Å². The monoisotopic (exact) mass is 307 g/mol. The average molecular weight is 307 g/mol. The van der Waals surface area contributed by atoms with E-state index in [2.05, 4.69) is 40.3 Å². The molecule has 1 atom stereocenters. The number of aromatic nitrogens is 2. The minimum atomic E-state index is 0.653. The Morgan fingerprint density at radius 1 is 1.43 bits per heavy atom. The van der Waals surface area contributed by atoms with Crippen molar-refractivity contribution in [1.29, 1.82) is 0 Å². The Morgan fingerprint density at radius 2 is 2.29 bits per heavy atom. The van der Waals surface area contributed by atoms with Crippen LogP contribution in [0.4, 0.5) is 5.82 Å². The standard InChI is InChI=1S/C15H25N5S/c1-4-19(2)11-6-8-20(10-11)14-12-5-7-16-9-13(12)17-15(18-14)21-3/h11,16H,4-10H2,1-3H3. The van der Waals surface area contributed by atoms with Gasteiger partial charge in [0.05, 0.1) is 5.69 Å². The molecule has 116 valence electrons. The van der Waals surface area contributed by atoms with E-state index in [1.54, 1.807) is 11.8 Å². The molecular formula is C15H25N5S. The van der Waals surface area contributed by atoms with Gasteiger partial charge < -0.3 is 15.1 Å². The van der Waals surface area contributed by atoms with Crippen molar-refractivity contribution >= 4 is 17.6 Å². The van der Waals surface area contributed by atoms with Crippen molar-refractivity contribution < 1.29 is 0 Å².